The molecule has 0 bridgehead atoms. The molecule has 1 heterocycles. The summed E-state index contributed by atoms with van der Waals surface area (Å²) in [6.07, 6.45) is 3.28. The van der Waals surface area contributed by atoms with Crippen LogP contribution in [0.15, 0.2) is 0 Å². The third-order valence-corrected chi connectivity index (χ3v) is 4.72. The minimum absolute atomic E-state index is 0.0203. The molecule has 3 N–H and O–H groups in total. The van der Waals surface area contributed by atoms with Gasteiger partial charge in [-0.2, -0.15) is 5.10 Å². The van der Waals surface area contributed by atoms with Crippen LogP contribution in [0.5, 0.6) is 0 Å². The first-order valence-electron chi connectivity index (χ1n) is 6.66. The van der Waals surface area contributed by atoms with E-state index in [1.54, 1.807) is 6.26 Å². The molecule has 0 aliphatic rings. The Labute approximate surface area is 128 Å². The van der Waals surface area contributed by atoms with Gasteiger partial charge in [-0.25, -0.2) is 0 Å². The van der Waals surface area contributed by atoms with Crippen LogP contribution in [0.3, 0.4) is 0 Å². The fourth-order valence-corrected chi connectivity index (χ4v) is 2.46. The van der Waals surface area contributed by atoms with Gasteiger partial charge in [0, 0.05) is 28.9 Å². The normalized spacial score (nSPS) is 13.8. The molecule has 0 radical (unpaired) electrons. The fourth-order valence-electron chi connectivity index (χ4n) is 1.92. The van der Waals surface area contributed by atoms with E-state index in [0.717, 1.165) is 29.7 Å². The van der Waals surface area contributed by atoms with E-state index in [2.05, 4.69) is 15.5 Å². The lowest BCUT2D eigenvalue weighted by Crippen LogP contribution is -2.25. The van der Waals surface area contributed by atoms with Crippen LogP contribution in [-0.2, 0) is 23.6 Å². The van der Waals surface area contributed by atoms with Crippen LogP contribution >= 0.6 is 12.2 Å². The number of thiocarbonyl (C=S) groups is 1. The zero-order valence-electron chi connectivity index (χ0n) is 12.4. The largest absolute Gasteiger partial charge is 0.389 e. The van der Waals surface area contributed by atoms with Gasteiger partial charge >= 0.3 is 0 Å². The van der Waals surface area contributed by atoms with E-state index in [1.807, 2.05) is 20.8 Å². The summed E-state index contributed by atoms with van der Waals surface area (Å²) in [5.41, 5.74) is 8.58. The Morgan fingerprint density at radius 1 is 1.40 bits per heavy atom. The third kappa shape index (κ3) is 3.96. The molecule has 20 heavy (non-hydrogen) atoms. The van der Waals surface area contributed by atoms with Crippen LogP contribution in [-0.4, -0.2) is 37.4 Å². The van der Waals surface area contributed by atoms with Crippen molar-refractivity contribution in [2.24, 2.45) is 5.73 Å². The van der Waals surface area contributed by atoms with Crippen molar-refractivity contribution in [1.82, 2.24) is 10.2 Å². The van der Waals surface area contributed by atoms with Crippen molar-refractivity contribution in [3.63, 3.8) is 0 Å². The summed E-state index contributed by atoms with van der Waals surface area (Å²) in [6.45, 7) is 6.54. The van der Waals surface area contributed by atoms with Crippen molar-refractivity contribution >= 4 is 33.8 Å². The highest BCUT2D eigenvalue weighted by molar-refractivity contribution is 7.84. The van der Waals surface area contributed by atoms with Gasteiger partial charge in [0.2, 0.25) is 0 Å². The molecule has 0 saturated carbocycles. The topological polar surface area (TPSA) is 80.9 Å². The molecule has 0 aliphatic carbocycles. The van der Waals surface area contributed by atoms with Crippen molar-refractivity contribution in [2.45, 2.75) is 38.9 Å². The average molecular weight is 314 g/mol. The molecule has 1 aromatic rings. The van der Waals surface area contributed by atoms with Gasteiger partial charge in [0.25, 0.3) is 0 Å². The number of rotatable bonds is 7. The number of nitrogens with two attached hydrogens (primary N) is 1. The molecular formula is C13H22N4OS2. The summed E-state index contributed by atoms with van der Waals surface area (Å²) < 4.78 is 11.4. The van der Waals surface area contributed by atoms with Gasteiger partial charge < -0.3 is 11.1 Å². The molecule has 0 spiro atoms. The maximum atomic E-state index is 11.4. The molecular weight excluding hydrogens is 292 g/mol. The summed E-state index contributed by atoms with van der Waals surface area (Å²) in [6, 6.07) is 0. The average Bonchev–Trinajstić information content (AvgIpc) is 2.42. The van der Waals surface area contributed by atoms with Crippen LogP contribution in [0.4, 0.5) is 5.82 Å². The van der Waals surface area contributed by atoms with Gasteiger partial charge in [-0.1, -0.05) is 26.1 Å². The number of hydrogen-bond donors (Lipinski definition) is 2. The highest BCUT2D eigenvalue weighted by atomic mass is 32.2. The van der Waals surface area contributed by atoms with E-state index in [4.69, 9.17) is 18.0 Å². The second-order valence-corrected chi connectivity index (χ2v) is 6.85. The molecule has 5 nitrogen and oxygen atoms in total. The van der Waals surface area contributed by atoms with E-state index in [9.17, 15) is 4.21 Å². The predicted octanol–water partition coefficient (Wildman–Crippen LogP) is 1.41. The molecule has 2 unspecified atom stereocenters. The second kappa shape index (κ2) is 7.64. The first kappa shape index (κ1) is 17.0. The standard InChI is InChI=1S/C13H22N4OS2/c1-5-9-10(6-2)16-17-13(11(9)12(14)19)15-7-8(3)20(4)18/h8H,5-7H2,1-4H3,(H2,14,19)(H,15,17). The molecule has 0 amide bonds. The highest BCUT2D eigenvalue weighted by Gasteiger charge is 2.17. The quantitative estimate of drug-likeness (QED) is 0.741. The van der Waals surface area contributed by atoms with Crippen molar-refractivity contribution in [3.8, 4) is 0 Å². The Bertz CT molecular complexity index is 519. The van der Waals surface area contributed by atoms with Crippen LogP contribution in [0.2, 0.25) is 0 Å². The monoisotopic (exact) mass is 314 g/mol. The van der Waals surface area contributed by atoms with Crippen molar-refractivity contribution < 1.29 is 4.21 Å². The first-order valence-corrected chi connectivity index (χ1v) is 8.69. The molecule has 7 heteroatoms. The zero-order chi connectivity index (χ0) is 15.3. The minimum atomic E-state index is -0.889. The Balaban J connectivity index is 3.13. The second-order valence-electron chi connectivity index (χ2n) is 4.61. The Morgan fingerprint density at radius 3 is 2.50 bits per heavy atom. The summed E-state index contributed by atoms with van der Waals surface area (Å²) in [5, 5.41) is 11.6. The maximum absolute atomic E-state index is 11.4. The van der Waals surface area contributed by atoms with Crippen LogP contribution in [0.25, 0.3) is 0 Å². The number of nitrogens with zero attached hydrogens (tertiary/aromatic N) is 2. The zero-order valence-corrected chi connectivity index (χ0v) is 14.0. The Kier molecular flexibility index (Phi) is 6.48. The van der Waals surface area contributed by atoms with Gasteiger partial charge in [-0.3, -0.25) is 4.21 Å². The molecule has 2 atom stereocenters. The number of aromatic nitrogens is 2. The summed E-state index contributed by atoms with van der Waals surface area (Å²) >= 11 is 5.15. The van der Waals surface area contributed by atoms with Crippen molar-refractivity contribution in [1.29, 1.82) is 0 Å². The van der Waals surface area contributed by atoms with Crippen LogP contribution in [0.1, 0.15) is 37.6 Å². The van der Waals surface area contributed by atoms with Gasteiger partial charge in [-0.05, 0) is 25.3 Å². The van der Waals surface area contributed by atoms with E-state index >= 15 is 0 Å². The minimum Gasteiger partial charge on any atom is -0.389 e. The lowest BCUT2D eigenvalue weighted by atomic mass is 10.0. The van der Waals surface area contributed by atoms with Gasteiger partial charge in [0.1, 0.15) is 4.99 Å². The summed E-state index contributed by atoms with van der Waals surface area (Å²) in [4.78, 5) is 0.319. The number of aryl methyl sites for hydroxylation is 1. The summed E-state index contributed by atoms with van der Waals surface area (Å²) in [7, 11) is -0.889. The third-order valence-electron chi connectivity index (χ3n) is 3.22. The Morgan fingerprint density at radius 2 is 2.05 bits per heavy atom. The molecule has 1 aromatic heterocycles. The van der Waals surface area contributed by atoms with Gasteiger partial charge in [-0.15, -0.1) is 5.10 Å². The Hall–Kier alpha value is -1.08. The fraction of sp³-hybridized carbons (Fsp3) is 0.615. The van der Waals surface area contributed by atoms with Crippen LogP contribution in [0, 0.1) is 0 Å². The van der Waals surface area contributed by atoms with Crippen molar-refractivity contribution in [3.05, 3.63) is 16.8 Å². The number of anilines is 1. The van der Waals surface area contributed by atoms with Crippen LogP contribution < -0.4 is 11.1 Å². The lowest BCUT2D eigenvalue weighted by molar-refractivity contribution is 0.678. The lowest BCUT2D eigenvalue weighted by Gasteiger charge is -2.17. The van der Waals surface area contributed by atoms with E-state index < -0.39 is 10.8 Å². The van der Waals surface area contributed by atoms with Gasteiger partial charge in [0.15, 0.2) is 5.82 Å². The van der Waals surface area contributed by atoms with E-state index in [-0.39, 0.29) is 5.25 Å². The molecule has 0 aromatic carbocycles. The SMILES string of the molecule is CCc1nnc(NCC(C)S(C)=O)c(C(N)=S)c1CC. The summed E-state index contributed by atoms with van der Waals surface area (Å²) in [5.74, 6) is 0.587. The molecule has 112 valence electrons. The number of hydrogen-bond acceptors (Lipinski definition) is 5. The predicted molar refractivity (Wildman–Crippen MR) is 88.7 cm³/mol. The molecule has 1 rings (SSSR count). The molecule has 0 aliphatic heterocycles. The smallest absolute Gasteiger partial charge is 0.159 e. The molecule has 0 fully saturated rings. The van der Waals surface area contributed by atoms with E-state index in [0.29, 0.717) is 17.4 Å². The maximum Gasteiger partial charge on any atom is 0.159 e. The molecule has 0 saturated heterocycles. The number of nitrogens with one attached hydrogen (secondary N) is 1. The van der Waals surface area contributed by atoms with E-state index in [1.165, 1.54) is 0 Å². The first-order chi connectivity index (χ1) is 9.42. The van der Waals surface area contributed by atoms with Gasteiger partial charge in [0.05, 0.1) is 11.3 Å². The van der Waals surface area contributed by atoms with Crippen molar-refractivity contribution in [2.75, 3.05) is 18.1 Å². The highest BCUT2D eigenvalue weighted by Crippen LogP contribution is 2.21.